The predicted molar refractivity (Wildman–Crippen MR) is 100 cm³/mol. The van der Waals surface area contributed by atoms with Crippen LogP contribution in [0.3, 0.4) is 0 Å². The highest BCUT2D eigenvalue weighted by molar-refractivity contribution is 5.78. The number of benzene rings is 2. The van der Waals surface area contributed by atoms with Crippen LogP contribution in [0, 0.1) is 11.6 Å². The molecule has 0 aliphatic carbocycles. The number of nitrogens with one attached hydrogen (secondary N) is 1. The lowest BCUT2D eigenvalue weighted by Gasteiger charge is -2.11. The minimum absolute atomic E-state index is 0.205. The van der Waals surface area contributed by atoms with Crippen LogP contribution < -0.4 is 11.1 Å². The van der Waals surface area contributed by atoms with Crippen LogP contribution in [0.1, 0.15) is 12.7 Å². The van der Waals surface area contributed by atoms with E-state index in [-0.39, 0.29) is 23.4 Å². The van der Waals surface area contributed by atoms with Gasteiger partial charge in [-0.3, -0.25) is 4.57 Å². The Kier molecular flexibility index (Phi) is 4.15. The monoisotopic (exact) mass is 366 g/mol. The summed E-state index contributed by atoms with van der Waals surface area (Å²) in [6.45, 7) is 1.95. The second kappa shape index (κ2) is 6.64. The van der Waals surface area contributed by atoms with Gasteiger partial charge < -0.3 is 11.1 Å². The molecule has 0 unspecified atom stereocenters. The zero-order valence-corrected chi connectivity index (χ0v) is 14.4. The number of nitrogens with zero attached hydrogens (tertiary/aromatic N) is 4. The zero-order valence-electron chi connectivity index (χ0n) is 14.4. The molecule has 2 heterocycles. The molecule has 4 rings (SSSR count). The maximum Gasteiger partial charge on any atom is 0.231 e. The minimum Gasteiger partial charge on any atom is -0.383 e. The Balaban J connectivity index is 1.84. The number of anilines is 3. The summed E-state index contributed by atoms with van der Waals surface area (Å²) >= 11 is 0. The maximum absolute atomic E-state index is 13.8. The Morgan fingerprint density at radius 3 is 2.59 bits per heavy atom. The van der Waals surface area contributed by atoms with Crippen molar-refractivity contribution in [3.8, 4) is 5.82 Å². The van der Waals surface area contributed by atoms with E-state index >= 15 is 0 Å². The van der Waals surface area contributed by atoms with Crippen molar-refractivity contribution in [1.29, 1.82) is 0 Å². The first-order valence-corrected chi connectivity index (χ1v) is 8.38. The van der Waals surface area contributed by atoms with Gasteiger partial charge in [-0.15, -0.1) is 0 Å². The number of aryl methyl sites for hydroxylation is 1. The van der Waals surface area contributed by atoms with Crippen LogP contribution in [0.25, 0.3) is 16.9 Å². The molecule has 0 saturated carbocycles. The summed E-state index contributed by atoms with van der Waals surface area (Å²) in [6, 6.07) is 11.9. The lowest BCUT2D eigenvalue weighted by Crippen LogP contribution is -2.08. The van der Waals surface area contributed by atoms with Crippen molar-refractivity contribution in [2.24, 2.45) is 0 Å². The second-order valence-corrected chi connectivity index (χ2v) is 5.96. The summed E-state index contributed by atoms with van der Waals surface area (Å²) in [5.41, 5.74) is 7.67. The molecule has 136 valence electrons. The number of rotatable bonds is 4. The number of nitrogen functional groups attached to an aromatic ring is 1. The molecular formula is C19H16F2N6. The first-order valence-electron chi connectivity index (χ1n) is 8.38. The van der Waals surface area contributed by atoms with Gasteiger partial charge in [0, 0.05) is 24.2 Å². The molecule has 0 spiro atoms. The SMILES string of the molecule is CCc1nc2ccc(F)cc2n1-c1cc(N)nc(Nc2cccc(F)c2)n1. The number of imidazole rings is 1. The van der Waals surface area contributed by atoms with Gasteiger partial charge in [0.05, 0.1) is 11.0 Å². The highest BCUT2D eigenvalue weighted by Gasteiger charge is 2.15. The lowest BCUT2D eigenvalue weighted by atomic mass is 10.3. The maximum atomic E-state index is 13.8. The van der Waals surface area contributed by atoms with E-state index in [1.807, 2.05) is 6.92 Å². The topological polar surface area (TPSA) is 81.7 Å². The molecule has 0 aliphatic heterocycles. The van der Waals surface area contributed by atoms with Gasteiger partial charge in [-0.25, -0.2) is 13.8 Å². The van der Waals surface area contributed by atoms with Crippen LogP contribution in [0.5, 0.6) is 0 Å². The lowest BCUT2D eigenvalue weighted by molar-refractivity contribution is 0.628. The van der Waals surface area contributed by atoms with E-state index in [1.54, 1.807) is 28.8 Å². The first-order chi connectivity index (χ1) is 13.0. The minimum atomic E-state index is -0.381. The Morgan fingerprint density at radius 1 is 1.00 bits per heavy atom. The van der Waals surface area contributed by atoms with Crippen molar-refractivity contribution < 1.29 is 8.78 Å². The Morgan fingerprint density at radius 2 is 1.81 bits per heavy atom. The van der Waals surface area contributed by atoms with Crippen LogP contribution in [0.2, 0.25) is 0 Å². The van der Waals surface area contributed by atoms with E-state index in [2.05, 4.69) is 20.3 Å². The van der Waals surface area contributed by atoms with Crippen LogP contribution in [0.4, 0.5) is 26.2 Å². The van der Waals surface area contributed by atoms with Gasteiger partial charge in [0.15, 0.2) is 0 Å². The molecule has 8 heteroatoms. The smallest absolute Gasteiger partial charge is 0.231 e. The number of halogens is 2. The van der Waals surface area contributed by atoms with Crippen molar-refractivity contribution in [2.45, 2.75) is 13.3 Å². The first kappa shape index (κ1) is 16.9. The molecule has 0 amide bonds. The highest BCUT2D eigenvalue weighted by Crippen LogP contribution is 2.24. The number of nitrogens with two attached hydrogens (primary N) is 1. The molecule has 4 aromatic rings. The normalized spacial score (nSPS) is 11.1. The van der Waals surface area contributed by atoms with Crippen LogP contribution >= 0.6 is 0 Å². The van der Waals surface area contributed by atoms with E-state index in [0.717, 1.165) is 0 Å². The summed E-state index contributed by atoms with van der Waals surface area (Å²) in [5.74, 6) is 0.840. The van der Waals surface area contributed by atoms with Crippen molar-refractivity contribution in [2.75, 3.05) is 11.1 Å². The third-order valence-electron chi connectivity index (χ3n) is 4.04. The van der Waals surface area contributed by atoms with Gasteiger partial charge in [0.1, 0.15) is 29.1 Å². The standard InChI is InChI=1S/C19H16F2N6/c1-2-17-24-14-7-6-12(21)9-15(14)27(17)18-10-16(22)25-19(26-18)23-13-5-3-4-11(20)8-13/h3-10H,2H2,1H3,(H3,22,23,25,26). The van der Waals surface area contributed by atoms with E-state index < -0.39 is 0 Å². The molecule has 0 fully saturated rings. The van der Waals surface area contributed by atoms with Crippen molar-refractivity contribution >= 4 is 28.5 Å². The molecule has 0 atom stereocenters. The van der Waals surface area contributed by atoms with Gasteiger partial charge in [0.25, 0.3) is 0 Å². The van der Waals surface area contributed by atoms with Gasteiger partial charge in [0.2, 0.25) is 5.95 Å². The van der Waals surface area contributed by atoms with Crippen molar-refractivity contribution in [3.63, 3.8) is 0 Å². The number of hydrogen-bond acceptors (Lipinski definition) is 5. The van der Waals surface area contributed by atoms with E-state index in [0.29, 0.717) is 34.8 Å². The van der Waals surface area contributed by atoms with Gasteiger partial charge in [-0.05, 0) is 30.3 Å². The molecule has 3 N–H and O–H groups in total. The average molecular weight is 366 g/mol. The number of fused-ring (bicyclic) bond motifs is 1. The Hall–Kier alpha value is -3.55. The van der Waals surface area contributed by atoms with Crippen LogP contribution in [-0.4, -0.2) is 19.5 Å². The third kappa shape index (κ3) is 3.29. The molecule has 0 radical (unpaired) electrons. The van der Waals surface area contributed by atoms with Crippen molar-refractivity contribution in [1.82, 2.24) is 19.5 Å². The molecule has 0 bridgehead atoms. The second-order valence-electron chi connectivity index (χ2n) is 5.96. The highest BCUT2D eigenvalue weighted by atomic mass is 19.1. The molecule has 2 aromatic heterocycles. The summed E-state index contributed by atoms with van der Waals surface area (Å²) in [6.07, 6.45) is 0.618. The molecular weight excluding hydrogens is 350 g/mol. The fourth-order valence-electron chi connectivity index (χ4n) is 2.91. The summed E-state index contributed by atoms with van der Waals surface area (Å²) < 4.78 is 28.9. The summed E-state index contributed by atoms with van der Waals surface area (Å²) in [5, 5.41) is 2.93. The molecule has 0 aliphatic rings. The van der Waals surface area contributed by atoms with Crippen molar-refractivity contribution in [3.05, 3.63) is 66.0 Å². The zero-order chi connectivity index (χ0) is 19.0. The van der Waals surface area contributed by atoms with E-state index in [9.17, 15) is 8.78 Å². The predicted octanol–water partition coefficient (Wildman–Crippen LogP) is 3.98. The molecule has 27 heavy (non-hydrogen) atoms. The number of hydrogen-bond donors (Lipinski definition) is 2. The number of aromatic nitrogens is 4. The fraction of sp³-hybridized carbons (Fsp3) is 0.105. The molecule has 2 aromatic carbocycles. The third-order valence-corrected chi connectivity index (χ3v) is 4.04. The largest absolute Gasteiger partial charge is 0.383 e. The summed E-state index contributed by atoms with van der Waals surface area (Å²) in [7, 11) is 0. The van der Waals surface area contributed by atoms with Crippen LogP contribution in [-0.2, 0) is 6.42 Å². The molecule has 0 saturated heterocycles. The summed E-state index contributed by atoms with van der Waals surface area (Å²) in [4.78, 5) is 13.1. The molecule has 6 nitrogen and oxygen atoms in total. The Labute approximate surface area is 153 Å². The Bertz CT molecular complexity index is 1140. The quantitative estimate of drug-likeness (QED) is 0.571. The van der Waals surface area contributed by atoms with Crippen LogP contribution in [0.15, 0.2) is 48.5 Å². The average Bonchev–Trinajstić information content (AvgIpc) is 2.99. The van der Waals surface area contributed by atoms with E-state index in [1.165, 1.54) is 24.3 Å². The van der Waals surface area contributed by atoms with E-state index in [4.69, 9.17) is 5.73 Å². The van der Waals surface area contributed by atoms with Gasteiger partial charge >= 0.3 is 0 Å². The fourth-order valence-corrected chi connectivity index (χ4v) is 2.91. The van der Waals surface area contributed by atoms with Gasteiger partial charge in [-0.2, -0.15) is 9.97 Å². The van der Waals surface area contributed by atoms with Gasteiger partial charge in [-0.1, -0.05) is 13.0 Å².